The molecule has 0 fully saturated rings. The summed E-state index contributed by atoms with van der Waals surface area (Å²) in [6.45, 7) is 1.77. The van der Waals surface area contributed by atoms with Gasteiger partial charge in [-0.1, -0.05) is 28.1 Å². The SMILES string of the molecule is Cc1nn(C)c(Oc2ccc3cc(Br)ccc3c2)c1CO. The van der Waals surface area contributed by atoms with Gasteiger partial charge in [-0.15, -0.1) is 0 Å². The number of hydrogen-bond donors (Lipinski definition) is 1. The van der Waals surface area contributed by atoms with Crippen LogP contribution in [0, 0.1) is 6.92 Å². The van der Waals surface area contributed by atoms with Gasteiger partial charge < -0.3 is 9.84 Å². The van der Waals surface area contributed by atoms with Gasteiger partial charge in [0, 0.05) is 11.5 Å². The summed E-state index contributed by atoms with van der Waals surface area (Å²) in [7, 11) is 1.81. The van der Waals surface area contributed by atoms with Crippen LogP contribution in [-0.2, 0) is 13.7 Å². The molecule has 0 amide bonds. The van der Waals surface area contributed by atoms with Crippen molar-refractivity contribution in [3.05, 3.63) is 52.1 Å². The highest BCUT2D eigenvalue weighted by Gasteiger charge is 2.14. The molecule has 4 nitrogen and oxygen atoms in total. The standard InChI is InChI=1S/C16H15BrN2O2/c1-10-15(9-20)16(19(2)18-10)21-14-6-4-11-7-13(17)5-3-12(11)8-14/h3-8,20H,9H2,1-2H3. The molecule has 0 spiro atoms. The van der Waals surface area contributed by atoms with Crippen LogP contribution < -0.4 is 4.74 Å². The molecule has 0 aliphatic carbocycles. The third-order valence-electron chi connectivity index (χ3n) is 3.44. The van der Waals surface area contributed by atoms with E-state index in [1.165, 1.54) is 0 Å². The minimum atomic E-state index is -0.0878. The minimum absolute atomic E-state index is 0.0878. The van der Waals surface area contributed by atoms with Crippen molar-refractivity contribution in [1.82, 2.24) is 9.78 Å². The van der Waals surface area contributed by atoms with E-state index in [0.717, 1.165) is 26.7 Å². The van der Waals surface area contributed by atoms with E-state index in [1.54, 1.807) is 11.7 Å². The molecule has 3 aromatic rings. The van der Waals surface area contributed by atoms with E-state index in [2.05, 4.69) is 27.1 Å². The number of aliphatic hydroxyl groups excluding tert-OH is 1. The first-order chi connectivity index (χ1) is 10.1. The third kappa shape index (κ3) is 2.66. The van der Waals surface area contributed by atoms with Crippen LogP contribution in [0.2, 0.25) is 0 Å². The van der Waals surface area contributed by atoms with E-state index in [4.69, 9.17) is 4.74 Å². The van der Waals surface area contributed by atoms with Crippen LogP contribution in [0.1, 0.15) is 11.3 Å². The van der Waals surface area contributed by atoms with Crippen LogP contribution in [0.15, 0.2) is 40.9 Å². The Morgan fingerprint density at radius 2 is 1.90 bits per heavy atom. The smallest absolute Gasteiger partial charge is 0.223 e. The first kappa shape index (κ1) is 14.1. The lowest BCUT2D eigenvalue weighted by atomic mass is 10.1. The quantitative estimate of drug-likeness (QED) is 0.781. The number of benzene rings is 2. The summed E-state index contributed by atoms with van der Waals surface area (Å²) in [6.07, 6.45) is 0. The lowest BCUT2D eigenvalue weighted by Crippen LogP contribution is -1.97. The molecule has 0 saturated heterocycles. The van der Waals surface area contributed by atoms with E-state index in [-0.39, 0.29) is 6.61 Å². The maximum absolute atomic E-state index is 9.45. The fourth-order valence-electron chi connectivity index (χ4n) is 2.36. The van der Waals surface area contributed by atoms with Crippen LogP contribution in [-0.4, -0.2) is 14.9 Å². The second-order valence-corrected chi connectivity index (χ2v) is 5.82. The highest BCUT2D eigenvalue weighted by Crippen LogP contribution is 2.30. The fraction of sp³-hybridized carbons (Fsp3) is 0.188. The average Bonchev–Trinajstić information content (AvgIpc) is 2.73. The molecule has 108 valence electrons. The van der Waals surface area contributed by atoms with Gasteiger partial charge in [0.25, 0.3) is 0 Å². The van der Waals surface area contributed by atoms with Crippen molar-refractivity contribution < 1.29 is 9.84 Å². The van der Waals surface area contributed by atoms with Gasteiger partial charge in [0.1, 0.15) is 5.75 Å². The number of ether oxygens (including phenoxy) is 1. The number of halogens is 1. The number of aliphatic hydroxyl groups is 1. The van der Waals surface area contributed by atoms with E-state index < -0.39 is 0 Å². The van der Waals surface area contributed by atoms with Gasteiger partial charge in [-0.3, -0.25) is 0 Å². The predicted octanol–water partition coefficient (Wildman–Crippen LogP) is 3.93. The second kappa shape index (κ2) is 5.50. The van der Waals surface area contributed by atoms with Crippen molar-refractivity contribution in [3.63, 3.8) is 0 Å². The summed E-state index contributed by atoms with van der Waals surface area (Å²) >= 11 is 3.47. The zero-order valence-electron chi connectivity index (χ0n) is 11.8. The van der Waals surface area contributed by atoms with Crippen molar-refractivity contribution in [2.24, 2.45) is 7.05 Å². The summed E-state index contributed by atoms with van der Waals surface area (Å²) < 4.78 is 8.61. The lowest BCUT2D eigenvalue weighted by Gasteiger charge is -2.09. The van der Waals surface area contributed by atoms with Crippen molar-refractivity contribution in [2.45, 2.75) is 13.5 Å². The maximum Gasteiger partial charge on any atom is 0.223 e. The third-order valence-corrected chi connectivity index (χ3v) is 3.93. The summed E-state index contributed by atoms with van der Waals surface area (Å²) in [6, 6.07) is 12.0. The van der Waals surface area contributed by atoms with Crippen molar-refractivity contribution in [3.8, 4) is 11.6 Å². The van der Waals surface area contributed by atoms with Gasteiger partial charge >= 0.3 is 0 Å². The molecule has 3 rings (SSSR count). The van der Waals surface area contributed by atoms with Crippen LogP contribution >= 0.6 is 15.9 Å². The Labute approximate surface area is 131 Å². The first-order valence-electron chi connectivity index (χ1n) is 6.59. The highest BCUT2D eigenvalue weighted by molar-refractivity contribution is 9.10. The topological polar surface area (TPSA) is 47.3 Å². The molecule has 1 aromatic heterocycles. The van der Waals surface area contributed by atoms with Crippen LogP contribution in [0.25, 0.3) is 10.8 Å². The Hall–Kier alpha value is -1.85. The molecule has 1 N–H and O–H groups in total. The molecule has 0 saturated carbocycles. The van der Waals surface area contributed by atoms with Gasteiger partial charge in [0.05, 0.1) is 17.9 Å². The molecule has 1 heterocycles. The van der Waals surface area contributed by atoms with E-state index in [0.29, 0.717) is 11.4 Å². The number of nitrogens with zero attached hydrogens (tertiary/aromatic N) is 2. The van der Waals surface area contributed by atoms with Crippen LogP contribution in [0.5, 0.6) is 11.6 Å². The molecule has 21 heavy (non-hydrogen) atoms. The largest absolute Gasteiger partial charge is 0.439 e. The van der Waals surface area contributed by atoms with Crippen molar-refractivity contribution >= 4 is 26.7 Å². The zero-order chi connectivity index (χ0) is 15.0. The Morgan fingerprint density at radius 1 is 1.19 bits per heavy atom. The van der Waals surface area contributed by atoms with Gasteiger partial charge in [0.15, 0.2) is 0 Å². The maximum atomic E-state index is 9.45. The van der Waals surface area contributed by atoms with Crippen LogP contribution in [0.4, 0.5) is 0 Å². The Morgan fingerprint density at radius 3 is 2.67 bits per heavy atom. The van der Waals surface area contributed by atoms with Gasteiger partial charge in [-0.25, -0.2) is 4.68 Å². The predicted molar refractivity (Wildman–Crippen MR) is 85.6 cm³/mol. The summed E-state index contributed by atoms with van der Waals surface area (Å²) in [5.74, 6) is 1.30. The number of aromatic nitrogens is 2. The summed E-state index contributed by atoms with van der Waals surface area (Å²) in [5.41, 5.74) is 1.49. The van der Waals surface area contributed by atoms with E-state index >= 15 is 0 Å². The number of rotatable bonds is 3. The Kier molecular flexibility index (Phi) is 3.69. The molecule has 0 aliphatic heterocycles. The first-order valence-corrected chi connectivity index (χ1v) is 7.38. The van der Waals surface area contributed by atoms with Gasteiger partial charge in [-0.05, 0) is 42.0 Å². The van der Waals surface area contributed by atoms with Gasteiger partial charge in [-0.2, -0.15) is 5.10 Å². The molecule has 0 unspecified atom stereocenters. The molecule has 0 bridgehead atoms. The average molecular weight is 347 g/mol. The minimum Gasteiger partial charge on any atom is -0.439 e. The molecule has 0 atom stereocenters. The summed E-state index contributed by atoms with van der Waals surface area (Å²) in [5, 5.41) is 16.0. The monoisotopic (exact) mass is 346 g/mol. The Bertz CT molecular complexity index is 811. The number of hydrogen-bond acceptors (Lipinski definition) is 3. The molecular weight excluding hydrogens is 332 g/mol. The fourth-order valence-corrected chi connectivity index (χ4v) is 2.74. The zero-order valence-corrected chi connectivity index (χ0v) is 13.4. The lowest BCUT2D eigenvalue weighted by molar-refractivity contribution is 0.274. The molecule has 0 radical (unpaired) electrons. The number of fused-ring (bicyclic) bond motifs is 1. The normalized spacial score (nSPS) is 11.0. The van der Waals surface area contributed by atoms with E-state index in [1.807, 2.05) is 37.3 Å². The molecule has 0 aliphatic rings. The Balaban J connectivity index is 2.00. The molecule has 2 aromatic carbocycles. The number of aryl methyl sites for hydroxylation is 2. The van der Waals surface area contributed by atoms with Gasteiger partial charge in [0.2, 0.25) is 5.88 Å². The highest BCUT2D eigenvalue weighted by atomic mass is 79.9. The van der Waals surface area contributed by atoms with Crippen molar-refractivity contribution in [2.75, 3.05) is 0 Å². The molecule has 5 heteroatoms. The van der Waals surface area contributed by atoms with Crippen LogP contribution in [0.3, 0.4) is 0 Å². The van der Waals surface area contributed by atoms with Crippen molar-refractivity contribution in [1.29, 1.82) is 0 Å². The summed E-state index contributed by atoms with van der Waals surface area (Å²) in [4.78, 5) is 0. The van der Waals surface area contributed by atoms with E-state index in [9.17, 15) is 5.11 Å². The molecular formula is C16H15BrN2O2. The second-order valence-electron chi connectivity index (χ2n) is 4.91.